The van der Waals surface area contributed by atoms with Crippen molar-refractivity contribution in [1.29, 1.82) is 0 Å². The lowest BCUT2D eigenvalue weighted by Gasteiger charge is -2.33. The Balaban J connectivity index is 1.90. The molecule has 1 saturated heterocycles. The molecule has 1 N–H and O–H groups in total. The Kier molecular flexibility index (Phi) is 4.26. The molecule has 1 heterocycles. The first-order chi connectivity index (χ1) is 7.72. The second-order valence-corrected chi connectivity index (χ2v) is 5.81. The van der Waals surface area contributed by atoms with Crippen molar-refractivity contribution in [2.75, 3.05) is 6.61 Å². The van der Waals surface area contributed by atoms with Crippen LogP contribution in [0.3, 0.4) is 0 Å². The van der Waals surface area contributed by atoms with Crippen LogP contribution in [0.5, 0.6) is 0 Å². The van der Waals surface area contributed by atoms with Crippen molar-refractivity contribution in [1.82, 2.24) is 0 Å². The van der Waals surface area contributed by atoms with Crippen LogP contribution in [0.1, 0.15) is 52.4 Å². The van der Waals surface area contributed by atoms with Gasteiger partial charge in [0.15, 0.2) is 0 Å². The molecule has 0 bridgehead atoms. The van der Waals surface area contributed by atoms with E-state index in [0.29, 0.717) is 24.7 Å². The van der Waals surface area contributed by atoms with E-state index in [1.54, 1.807) is 0 Å². The number of hydrogen-bond acceptors (Lipinski definition) is 2. The summed E-state index contributed by atoms with van der Waals surface area (Å²) in [7, 11) is 0. The number of aliphatic hydroxyl groups is 1. The van der Waals surface area contributed by atoms with E-state index in [1.807, 2.05) is 0 Å². The summed E-state index contributed by atoms with van der Waals surface area (Å²) in [5.41, 5.74) is 0. The van der Waals surface area contributed by atoms with E-state index in [4.69, 9.17) is 9.84 Å². The van der Waals surface area contributed by atoms with Crippen molar-refractivity contribution >= 4 is 0 Å². The van der Waals surface area contributed by atoms with Crippen LogP contribution in [0.25, 0.3) is 0 Å². The molecular formula is C14H26O2. The van der Waals surface area contributed by atoms with Crippen LogP contribution in [0.15, 0.2) is 0 Å². The van der Waals surface area contributed by atoms with Gasteiger partial charge in [0, 0.05) is 6.61 Å². The van der Waals surface area contributed by atoms with Gasteiger partial charge in [-0.15, -0.1) is 0 Å². The third-order valence-corrected chi connectivity index (χ3v) is 4.74. The molecule has 1 saturated carbocycles. The van der Waals surface area contributed by atoms with E-state index in [1.165, 1.54) is 32.1 Å². The van der Waals surface area contributed by atoms with Crippen LogP contribution in [0, 0.1) is 17.8 Å². The fourth-order valence-electron chi connectivity index (χ4n) is 3.62. The lowest BCUT2D eigenvalue weighted by atomic mass is 9.76. The van der Waals surface area contributed by atoms with Crippen molar-refractivity contribution < 1.29 is 9.84 Å². The summed E-state index contributed by atoms with van der Waals surface area (Å²) in [6.07, 6.45) is 8.44. The first-order valence-corrected chi connectivity index (χ1v) is 6.98. The van der Waals surface area contributed by atoms with Gasteiger partial charge in [-0.3, -0.25) is 0 Å². The highest BCUT2D eigenvalue weighted by Gasteiger charge is 2.38. The van der Waals surface area contributed by atoms with Crippen LogP contribution < -0.4 is 0 Å². The molecule has 1 aliphatic carbocycles. The van der Waals surface area contributed by atoms with Gasteiger partial charge >= 0.3 is 0 Å². The number of ether oxygens (including phenoxy) is 1. The molecule has 0 spiro atoms. The Labute approximate surface area is 99.4 Å². The van der Waals surface area contributed by atoms with E-state index < -0.39 is 0 Å². The van der Waals surface area contributed by atoms with Crippen molar-refractivity contribution in [2.24, 2.45) is 17.8 Å². The normalized spacial score (nSPS) is 44.8. The number of aliphatic hydroxyl groups excluding tert-OH is 1. The maximum absolute atomic E-state index is 9.04. The van der Waals surface area contributed by atoms with Crippen LogP contribution in [0.2, 0.25) is 0 Å². The highest BCUT2D eigenvalue weighted by Crippen LogP contribution is 2.40. The standard InChI is InChI=1S/C14H26O2/c1-10-5-3-4-6-13(10)14-9-12(7-8-15)11(2)16-14/h10-15H,3-9H2,1-2H3/t10?,11?,12-,13?,14?/m1/s1. The number of rotatable bonds is 3. The third kappa shape index (κ3) is 2.60. The lowest BCUT2D eigenvalue weighted by molar-refractivity contribution is -0.0136. The zero-order valence-electron chi connectivity index (χ0n) is 10.7. The summed E-state index contributed by atoms with van der Waals surface area (Å²) in [5, 5.41) is 9.04. The average Bonchev–Trinajstić information content (AvgIpc) is 2.61. The van der Waals surface area contributed by atoms with Gasteiger partial charge in [0.1, 0.15) is 0 Å². The zero-order valence-corrected chi connectivity index (χ0v) is 10.7. The summed E-state index contributed by atoms with van der Waals surface area (Å²) in [6.45, 7) is 4.87. The molecule has 2 fully saturated rings. The SMILES string of the molecule is CC1CCCCC1C1C[C@@H](CCO)C(C)O1. The predicted octanol–water partition coefficient (Wildman–Crippen LogP) is 2.99. The maximum Gasteiger partial charge on any atom is 0.0613 e. The Morgan fingerprint density at radius 3 is 2.62 bits per heavy atom. The molecule has 0 amide bonds. The summed E-state index contributed by atoms with van der Waals surface area (Å²) in [5.74, 6) is 2.20. The molecule has 2 nitrogen and oxygen atoms in total. The average molecular weight is 226 g/mol. The molecule has 1 aliphatic heterocycles. The quantitative estimate of drug-likeness (QED) is 0.801. The predicted molar refractivity (Wildman–Crippen MR) is 65.3 cm³/mol. The van der Waals surface area contributed by atoms with Crippen LogP contribution in [-0.4, -0.2) is 23.9 Å². The highest BCUT2D eigenvalue weighted by molar-refractivity contribution is 4.87. The van der Waals surface area contributed by atoms with Crippen molar-refractivity contribution in [2.45, 2.75) is 64.6 Å². The first kappa shape index (κ1) is 12.4. The van der Waals surface area contributed by atoms with Crippen LogP contribution in [-0.2, 0) is 4.74 Å². The first-order valence-electron chi connectivity index (χ1n) is 6.98. The maximum atomic E-state index is 9.04. The summed E-state index contributed by atoms with van der Waals surface area (Å²) in [4.78, 5) is 0. The van der Waals surface area contributed by atoms with Crippen molar-refractivity contribution in [3.63, 3.8) is 0 Å². The topological polar surface area (TPSA) is 29.5 Å². The Bertz CT molecular complexity index is 217. The molecule has 0 aromatic rings. The fraction of sp³-hybridized carbons (Fsp3) is 1.00. The molecule has 5 atom stereocenters. The molecule has 2 heteroatoms. The zero-order chi connectivity index (χ0) is 11.5. The van der Waals surface area contributed by atoms with Crippen LogP contribution in [0.4, 0.5) is 0 Å². The smallest absolute Gasteiger partial charge is 0.0613 e. The second-order valence-electron chi connectivity index (χ2n) is 5.81. The van der Waals surface area contributed by atoms with E-state index in [2.05, 4.69) is 13.8 Å². The second kappa shape index (κ2) is 5.50. The van der Waals surface area contributed by atoms with Gasteiger partial charge in [0.2, 0.25) is 0 Å². The Hall–Kier alpha value is -0.0800. The molecule has 4 unspecified atom stereocenters. The largest absolute Gasteiger partial charge is 0.396 e. The molecule has 2 aliphatic rings. The van der Waals surface area contributed by atoms with Gasteiger partial charge in [0.25, 0.3) is 0 Å². The van der Waals surface area contributed by atoms with E-state index >= 15 is 0 Å². The molecule has 2 rings (SSSR count). The van der Waals surface area contributed by atoms with Crippen LogP contribution >= 0.6 is 0 Å². The van der Waals surface area contributed by atoms with Gasteiger partial charge < -0.3 is 9.84 Å². The minimum Gasteiger partial charge on any atom is -0.396 e. The van der Waals surface area contributed by atoms with Gasteiger partial charge in [-0.1, -0.05) is 26.2 Å². The van der Waals surface area contributed by atoms with Gasteiger partial charge in [-0.05, 0) is 43.9 Å². The molecule has 0 aromatic carbocycles. The minimum atomic E-state index is 0.311. The van der Waals surface area contributed by atoms with E-state index in [9.17, 15) is 0 Å². The summed E-state index contributed by atoms with van der Waals surface area (Å²) < 4.78 is 6.13. The molecule has 94 valence electrons. The highest BCUT2D eigenvalue weighted by atomic mass is 16.5. The van der Waals surface area contributed by atoms with E-state index in [-0.39, 0.29) is 0 Å². The minimum absolute atomic E-state index is 0.311. The van der Waals surface area contributed by atoms with Gasteiger partial charge in [0.05, 0.1) is 12.2 Å². The van der Waals surface area contributed by atoms with Crippen molar-refractivity contribution in [3.05, 3.63) is 0 Å². The van der Waals surface area contributed by atoms with Gasteiger partial charge in [-0.2, -0.15) is 0 Å². The third-order valence-electron chi connectivity index (χ3n) is 4.74. The summed E-state index contributed by atoms with van der Waals surface area (Å²) in [6, 6.07) is 0. The van der Waals surface area contributed by atoms with E-state index in [0.717, 1.165) is 18.3 Å². The fourth-order valence-corrected chi connectivity index (χ4v) is 3.62. The monoisotopic (exact) mass is 226 g/mol. The Morgan fingerprint density at radius 2 is 1.94 bits per heavy atom. The molecule has 16 heavy (non-hydrogen) atoms. The lowest BCUT2D eigenvalue weighted by Crippen LogP contribution is -2.29. The Morgan fingerprint density at radius 1 is 1.19 bits per heavy atom. The molecule has 0 radical (unpaired) electrons. The number of hydrogen-bond donors (Lipinski definition) is 1. The molecule has 0 aromatic heterocycles. The van der Waals surface area contributed by atoms with Crippen molar-refractivity contribution in [3.8, 4) is 0 Å². The molecular weight excluding hydrogens is 200 g/mol. The summed E-state index contributed by atoms with van der Waals surface area (Å²) >= 11 is 0. The van der Waals surface area contributed by atoms with Gasteiger partial charge in [-0.25, -0.2) is 0 Å².